The van der Waals surface area contributed by atoms with Crippen LogP contribution in [0.5, 0.6) is 0 Å². The van der Waals surface area contributed by atoms with Crippen LogP contribution in [-0.2, 0) is 4.74 Å². The summed E-state index contributed by atoms with van der Waals surface area (Å²) in [6.07, 6.45) is -0.209. The van der Waals surface area contributed by atoms with Crippen molar-refractivity contribution in [2.45, 2.75) is 38.9 Å². The molecule has 5 nitrogen and oxygen atoms in total. The fraction of sp³-hybridized carbons (Fsp3) is 0.316. The van der Waals surface area contributed by atoms with Crippen molar-refractivity contribution >= 4 is 17.1 Å². The van der Waals surface area contributed by atoms with Crippen LogP contribution in [0.3, 0.4) is 0 Å². The summed E-state index contributed by atoms with van der Waals surface area (Å²) in [7, 11) is 0. The zero-order valence-electron chi connectivity index (χ0n) is 13.9. The van der Waals surface area contributed by atoms with Gasteiger partial charge in [0, 0.05) is 12.0 Å². The number of fused-ring (bicyclic) bond motifs is 1. The Hall–Kier alpha value is -2.53. The molecular formula is C19H20O5. The second kappa shape index (κ2) is 6.17. The molecular weight excluding hydrogens is 308 g/mol. The van der Waals surface area contributed by atoms with Gasteiger partial charge in [-0.25, -0.2) is 4.79 Å². The number of carbonyl (C=O) groups excluding carboxylic acids is 1. The summed E-state index contributed by atoms with van der Waals surface area (Å²) in [5.41, 5.74) is 2.24. The molecule has 5 heteroatoms. The van der Waals surface area contributed by atoms with Crippen LogP contribution in [0.25, 0.3) is 22.3 Å². The van der Waals surface area contributed by atoms with Gasteiger partial charge in [-0.2, -0.15) is 0 Å². The summed E-state index contributed by atoms with van der Waals surface area (Å²) in [6, 6.07) is 12.8. The Kier molecular flexibility index (Phi) is 4.20. The van der Waals surface area contributed by atoms with Gasteiger partial charge in [0.2, 0.25) is 11.2 Å². The average molecular weight is 328 g/mol. The van der Waals surface area contributed by atoms with Crippen LogP contribution in [0.4, 0.5) is 0 Å². The Morgan fingerprint density at radius 3 is 2.46 bits per heavy atom. The maximum Gasteiger partial charge on any atom is 0.339 e. The molecule has 3 rings (SSSR count). The van der Waals surface area contributed by atoms with E-state index in [1.165, 1.54) is 0 Å². The predicted octanol–water partition coefficient (Wildman–Crippen LogP) is 4.40. The lowest BCUT2D eigenvalue weighted by Gasteiger charge is -2.27. The molecule has 1 heterocycles. The molecule has 0 aliphatic heterocycles. The van der Waals surface area contributed by atoms with Gasteiger partial charge in [0.15, 0.2) is 0 Å². The SMILES string of the molecule is CC(O)CC(C)(C)OC(=O)c1ccc2ooc2c1-c1ccccc1. The first kappa shape index (κ1) is 16.3. The van der Waals surface area contributed by atoms with Crippen molar-refractivity contribution in [3.05, 3.63) is 48.0 Å². The molecule has 3 aromatic rings. The third-order valence-corrected chi connectivity index (χ3v) is 3.77. The molecule has 0 fully saturated rings. The molecule has 0 amide bonds. The number of hydrogen-bond donors (Lipinski definition) is 1. The maximum atomic E-state index is 12.7. The van der Waals surface area contributed by atoms with Crippen molar-refractivity contribution < 1.29 is 23.8 Å². The van der Waals surface area contributed by atoms with Gasteiger partial charge in [-0.05, 0) is 38.5 Å². The van der Waals surface area contributed by atoms with Crippen LogP contribution in [0.15, 0.2) is 51.6 Å². The van der Waals surface area contributed by atoms with E-state index in [0.29, 0.717) is 28.7 Å². The number of benzene rings is 2. The molecule has 1 N–H and O–H groups in total. The van der Waals surface area contributed by atoms with Crippen LogP contribution in [0, 0.1) is 0 Å². The van der Waals surface area contributed by atoms with E-state index in [0.717, 1.165) is 5.56 Å². The van der Waals surface area contributed by atoms with E-state index >= 15 is 0 Å². The second-order valence-corrected chi connectivity index (χ2v) is 6.55. The molecule has 24 heavy (non-hydrogen) atoms. The lowest BCUT2D eigenvalue weighted by atomic mass is 9.97. The van der Waals surface area contributed by atoms with Crippen molar-refractivity contribution in [1.82, 2.24) is 0 Å². The van der Waals surface area contributed by atoms with Crippen molar-refractivity contribution in [2.24, 2.45) is 0 Å². The predicted molar refractivity (Wildman–Crippen MR) is 89.7 cm³/mol. The number of carbonyl (C=O) groups is 1. The van der Waals surface area contributed by atoms with E-state index < -0.39 is 17.7 Å². The summed E-state index contributed by atoms with van der Waals surface area (Å²) in [6.45, 7) is 5.22. The van der Waals surface area contributed by atoms with E-state index in [-0.39, 0.29) is 0 Å². The molecule has 0 bridgehead atoms. The number of hydrogen-bond acceptors (Lipinski definition) is 5. The van der Waals surface area contributed by atoms with Crippen LogP contribution in [-0.4, -0.2) is 22.8 Å². The van der Waals surface area contributed by atoms with Gasteiger partial charge in [0.25, 0.3) is 0 Å². The number of aliphatic hydroxyl groups excluding tert-OH is 1. The molecule has 0 aliphatic rings. The molecule has 0 radical (unpaired) electrons. The highest BCUT2D eigenvalue weighted by atomic mass is 17.0. The van der Waals surface area contributed by atoms with E-state index in [1.807, 2.05) is 30.3 Å². The minimum atomic E-state index is -0.778. The van der Waals surface area contributed by atoms with Gasteiger partial charge in [0.05, 0.1) is 11.7 Å². The highest BCUT2D eigenvalue weighted by Crippen LogP contribution is 2.35. The maximum absolute atomic E-state index is 12.7. The molecule has 1 aromatic heterocycles. The van der Waals surface area contributed by atoms with E-state index in [4.69, 9.17) is 13.9 Å². The van der Waals surface area contributed by atoms with Gasteiger partial charge in [-0.1, -0.05) is 30.3 Å². The monoisotopic (exact) mass is 328 g/mol. The van der Waals surface area contributed by atoms with E-state index in [1.54, 1.807) is 32.9 Å². The van der Waals surface area contributed by atoms with Crippen LogP contribution in [0.2, 0.25) is 0 Å². The summed E-state index contributed by atoms with van der Waals surface area (Å²) >= 11 is 0. The Bertz CT molecular complexity index is 839. The van der Waals surface area contributed by atoms with Gasteiger partial charge in [0.1, 0.15) is 5.60 Å². The van der Waals surface area contributed by atoms with Crippen molar-refractivity contribution in [3.63, 3.8) is 0 Å². The molecule has 0 spiro atoms. The number of rotatable bonds is 5. The van der Waals surface area contributed by atoms with E-state index in [9.17, 15) is 9.90 Å². The molecule has 0 saturated heterocycles. The smallest absolute Gasteiger partial charge is 0.339 e. The molecule has 0 aliphatic carbocycles. The first-order valence-electron chi connectivity index (χ1n) is 7.86. The Morgan fingerprint density at radius 2 is 1.88 bits per heavy atom. The van der Waals surface area contributed by atoms with Crippen molar-refractivity contribution in [2.75, 3.05) is 0 Å². The second-order valence-electron chi connectivity index (χ2n) is 6.55. The summed E-state index contributed by atoms with van der Waals surface area (Å²) in [5.74, 6) is -0.460. The number of ether oxygens (including phenoxy) is 1. The molecule has 0 saturated carbocycles. The third-order valence-electron chi connectivity index (χ3n) is 3.77. The van der Waals surface area contributed by atoms with Gasteiger partial charge >= 0.3 is 5.97 Å². The number of aliphatic hydroxyl groups is 1. The van der Waals surface area contributed by atoms with E-state index in [2.05, 4.69) is 0 Å². The summed E-state index contributed by atoms with van der Waals surface area (Å²) < 4.78 is 15.7. The minimum Gasteiger partial charge on any atom is -0.456 e. The molecule has 1 unspecified atom stereocenters. The topological polar surface area (TPSA) is 72.8 Å². The molecule has 126 valence electrons. The Morgan fingerprint density at radius 1 is 1.17 bits per heavy atom. The van der Waals surface area contributed by atoms with Crippen molar-refractivity contribution in [3.8, 4) is 11.1 Å². The number of esters is 1. The van der Waals surface area contributed by atoms with Crippen LogP contribution >= 0.6 is 0 Å². The Labute approximate surface area is 139 Å². The highest BCUT2D eigenvalue weighted by Gasteiger charge is 2.29. The van der Waals surface area contributed by atoms with Gasteiger partial charge in [-0.15, -0.1) is 0 Å². The lowest BCUT2D eigenvalue weighted by molar-refractivity contribution is -0.0209. The largest absolute Gasteiger partial charge is 0.456 e. The third kappa shape index (κ3) is 3.21. The lowest BCUT2D eigenvalue weighted by Crippen LogP contribution is -2.32. The Balaban J connectivity index is 2.00. The normalized spacial score (nSPS) is 13.2. The molecule has 2 aromatic carbocycles. The summed E-state index contributed by atoms with van der Waals surface area (Å²) in [5, 5.41) is 9.57. The van der Waals surface area contributed by atoms with Crippen LogP contribution < -0.4 is 0 Å². The zero-order chi connectivity index (χ0) is 17.3. The highest BCUT2D eigenvalue weighted by molar-refractivity contribution is 6.05. The minimum absolute atomic E-state index is 0.351. The quantitative estimate of drug-likeness (QED) is 0.555. The zero-order valence-corrected chi connectivity index (χ0v) is 13.9. The van der Waals surface area contributed by atoms with Crippen LogP contribution in [0.1, 0.15) is 37.6 Å². The first-order valence-corrected chi connectivity index (χ1v) is 7.86. The van der Waals surface area contributed by atoms with Crippen molar-refractivity contribution in [1.29, 1.82) is 0 Å². The first-order chi connectivity index (χ1) is 11.4. The fourth-order valence-corrected chi connectivity index (χ4v) is 2.88. The molecule has 1 atom stereocenters. The van der Waals surface area contributed by atoms with Gasteiger partial charge in [-0.3, -0.25) is 9.15 Å². The average Bonchev–Trinajstić information content (AvgIpc) is 2.46. The fourth-order valence-electron chi connectivity index (χ4n) is 2.88. The standard InChI is InChI=1S/C19H20O5/c1-12(20)11-19(2,3)22-18(21)14-9-10-15-17(24-23-15)16(14)13-7-5-4-6-8-13/h4-10,12,20H,11H2,1-3H3. The van der Waals surface area contributed by atoms with Gasteiger partial charge < -0.3 is 9.84 Å². The summed E-state index contributed by atoms with van der Waals surface area (Å²) in [4.78, 5) is 12.7.